The Hall–Kier alpha value is -1.59. The molecule has 0 aliphatic heterocycles. The highest BCUT2D eigenvalue weighted by Crippen LogP contribution is 2.06. The van der Waals surface area contributed by atoms with E-state index in [2.05, 4.69) is 10.6 Å². The molecule has 20 heavy (non-hydrogen) atoms. The van der Waals surface area contributed by atoms with Crippen LogP contribution >= 0.6 is 0 Å². The van der Waals surface area contributed by atoms with Gasteiger partial charge in [0.2, 0.25) is 11.8 Å². The number of carboxylic acids is 1. The fraction of sp³-hybridized carbons (Fsp3) is 0.786. The molecule has 2 amide bonds. The number of rotatable bonds is 9. The predicted molar refractivity (Wildman–Crippen MR) is 76.1 cm³/mol. The van der Waals surface area contributed by atoms with Gasteiger partial charge in [-0.3, -0.25) is 9.59 Å². The van der Waals surface area contributed by atoms with Crippen molar-refractivity contribution in [2.75, 3.05) is 6.54 Å². The molecule has 3 N–H and O–H groups in total. The highest BCUT2D eigenvalue weighted by atomic mass is 16.4. The number of amides is 2. The summed E-state index contributed by atoms with van der Waals surface area (Å²) >= 11 is 0. The third-order valence-electron chi connectivity index (χ3n) is 3.02. The molecule has 2 atom stereocenters. The van der Waals surface area contributed by atoms with Gasteiger partial charge < -0.3 is 15.7 Å². The maximum Gasteiger partial charge on any atom is 0.326 e. The summed E-state index contributed by atoms with van der Waals surface area (Å²) < 4.78 is 0. The lowest BCUT2D eigenvalue weighted by atomic mass is 10.0. The van der Waals surface area contributed by atoms with Crippen molar-refractivity contribution in [3.63, 3.8) is 0 Å². The fourth-order valence-corrected chi connectivity index (χ4v) is 1.65. The summed E-state index contributed by atoms with van der Waals surface area (Å²) in [6, 6.07) is -0.908. The van der Waals surface area contributed by atoms with Crippen molar-refractivity contribution in [1.29, 1.82) is 0 Å². The van der Waals surface area contributed by atoms with Crippen LogP contribution in [-0.2, 0) is 14.4 Å². The molecule has 0 saturated heterocycles. The van der Waals surface area contributed by atoms with E-state index in [4.69, 9.17) is 5.11 Å². The summed E-state index contributed by atoms with van der Waals surface area (Å²) in [5.74, 6) is -1.29. The van der Waals surface area contributed by atoms with Crippen LogP contribution < -0.4 is 10.6 Å². The van der Waals surface area contributed by atoms with E-state index in [9.17, 15) is 14.4 Å². The number of hydrogen-bond donors (Lipinski definition) is 3. The number of carbonyl (C=O) groups excluding carboxylic acids is 2. The zero-order valence-electron chi connectivity index (χ0n) is 12.7. The molecule has 0 bridgehead atoms. The van der Waals surface area contributed by atoms with E-state index in [1.54, 1.807) is 0 Å². The summed E-state index contributed by atoms with van der Waals surface area (Å²) in [5.41, 5.74) is 0. The smallest absolute Gasteiger partial charge is 0.326 e. The van der Waals surface area contributed by atoms with Gasteiger partial charge in [-0.2, -0.15) is 0 Å². The van der Waals surface area contributed by atoms with Crippen molar-refractivity contribution in [2.24, 2.45) is 11.8 Å². The average molecular weight is 286 g/mol. The molecule has 116 valence electrons. The summed E-state index contributed by atoms with van der Waals surface area (Å²) in [7, 11) is 0. The van der Waals surface area contributed by atoms with Crippen molar-refractivity contribution in [2.45, 2.75) is 53.0 Å². The van der Waals surface area contributed by atoms with Gasteiger partial charge in [-0.15, -0.1) is 0 Å². The molecule has 6 nitrogen and oxygen atoms in total. The maximum absolute atomic E-state index is 11.6. The van der Waals surface area contributed by atoms with Crippen LogP contribution in [0.3, 0.4) is 0 Å². The topological polar surface area (TPSA) is 95.5 Å². The Morgan fingerprint density at radius 3 is 2.15 bits per heavy atom. The van der Waals surface area contributed by atoms with Gasteiger partial charge in [-0.25, -0.2) is 4.79 Å². The number of nitrogens with one attached hydrogen (secondary N) is 2. The maximum atomic E-state index is 11.6. The average Bonchev–Trinajstić information content (AvgIpc) is 2.34. The lowest BCUT2D eigenvalue weighted by Gasteiger charge is -2.16. The molecule has 0 saturated carbocycles. The van der Waals surface area contributed by atoms with Crippen LogP contribution in [0, 0.1) is 11.8 Å². The van der Waals surface area contributed by atoms with Gasteiger partial charge in [0.1, 0.15) is 6.04 Å². The minimum atomic E-state index is -1.06. The van der Waals surface area contributed by atoms with E-state index < -0.39 is 17.9 Å². The van der Waals surface area contributed by atoms with Gasteiger partial charge in [0, 0.05) is 6.42 Å². The monoisotopic (exact) mass is 286 g/mol. The van der Waals surface area contributed by atoms with Gasteiger partial charge in [0.05, 0.1) is 6.54 Å². The SMILES string of the molecule is CCC(C)CC(=O)NCC(=O)N[C@@H](CC(C)C)C(=O)O. The third-order valence-corrected chi connectivity index (χ3v) is 3.02. The molecule has 0 aliphatic carbocycles. The van der Waals surface area contributed by atoms with Crippen molar-refractivity contribution < 1.29 is 19.5 Å². The molecular formula is C14H26N2O4. The Balaban J connectivity index is 4.14. The normalized spacial score (nSPS) is 13.7. The predicted octanol–water partition coefficient (Wildman–Crippen LogP) is 1.15. The Kier molecular flexibility index (Phi) is 8.59. The minimum Gasteiger partial charge on any atom is -0.480 e. The van der Waals surface area contributed by atoms with Gasteiger partial charge >= 0.3 is 5.97 Å². The Morgan fingerprint density at radius 2 is 1.70 bits per heavy atom. The first-order valence-corrected chi connectivity index (χ1v) is 7.05. The second kappa shape index (κ2) is 9.34. The second-order valence-electron chi connectivity index (χ2n) is 5.58. The van der Waals surface area contributed by atoms with Gasteiger partial charge in [0.25, 0.3) is 0 Å². The van der Waals surface area contributed by atoms with Crippen LogP contribution in [-0.4, -0.2) is 35.5 Å². The number of carboxylic acid groups (broad SMARTS) is 1. The van der Waals surface area contributed by atoms with Crippen LogP contribution in [0.5, 0.6) is 0 Å². The molecule has 0 aromatic rings. The summed E-state index contributed by atoms with van der Waals surface area (Å²) in [4.78, 5) is 34.1. The molecule has 0 rings (SSSR count). The first kappa shape index (κ1) is 18.4. The second-order valence-corrected chi connectivity index (χ2v) is 5.58. The molecule has 6 heteroatoms. The summed E-state index contributed by atoms with van der Waals surface area (Å²) in [6.45, 7) is 7.54. The third kappa shape index (κ3) is 8.50. The zero-order chi connectivity index (χ0) is 15.7. The molecular weight excluding hydrogens is 260 g/mol. The summed E-state index contributed by atoms with van der Waals surface area (Å²) in [6.07, 6.45) is 1.63. The van der Waals surface area contributed by atoms with Crippen molar-refractivity contribution >= 4 is 17.8 Å². The number of hydrogen-bond acceptors (Lipinski definition) is 3. The van der Waals surface area contributed by atoms with Gasteiger partial charge in [-0.05, 0) is 18.3 Å². The molecule has 0 heterocycles. The van der Waals surface area contributed by atoms with E-state index in [-0.39, 0.29) is 24.3 Å². The van der Waals surface area contributed by atoms with Crippen molar-refractivity contribution in [1.82, 2.24) is 10.6 Å². The summed E-state index contributed by atoms with van der Waals surface area (Å²) in [5, 5.41) is 13.9. The molecule has 0 aliphatic rings. The van der Waals surface area contributed by atoms with E-state index in [0.29, 0.717) is 12.8 Å². The lowest BCUT2D eigenvalue weighted by Crippen LogP contribution is -2.46. The first-order chi connectivity index (χ1) is 9.26. The molecule has 1 unspecified atom stereocenters. The first-order valence-electron chi connectivity index (χ1n) is 7.05. The number of carbonyl (C=O) groups is 3. The van der Waals surface area contributed by atoms with Crippen LogP contribution in [0.4, 0.5) is 0 Å². The standard InChI is InChI=1S/C14H26N2O4/c1-5-10(4)7-12(17)15-8-13(18)16-11(14(19)20)6-9(2)3/h9-11H,5-8H2,1-4H3,(H,15,17)(H,16,18)(H,19,20)/t10?,11-/m0/s1. The van der Waals surface area contributed by atoms with E-state index >= 15 is 0 Å². The number of aliphatic carboxylic acids is 1. The largest absolute Gasteiger partial charge is 0.480 e. The quantitative estimate of drug-likeness (QED) is 0.592. The van der Waals surface area contributed by atoms with Crippen LogP contribution in [0.2, 0.25) is 0 Å². The molecule has 0 fully saturated rings. The molecule has 0 radical (unpaired) electrons. The molecule has 0 aromatic carbocycles. The van der Waals surface area contributed by atoms with E-state index in [0.717, 1.165) is 6.42 Å². The van der Waals surface area contributed by atoms with Crippen LogP contribution in [0.1, 0.15) is 47.0 Å². The van der Waals surface area contributed by atoms with Crippen LogP contribution in [0.25, 0.3) is 0 Å². The van der Waals surface area contributed by atoms with E-state index in [1.807, 2.05) is 27.7 Å². The zero-order valence-corrected chi connectivity index (χ0v) is 12.7. The molecule has 0 aromatic heterocycles. The van der Waals surface area contributed by atoms with Gasteiger partial charge in [-0.1, -0.05) is 34.1 Å². The Bertz CT molecular complexity index is 342. The molecule has 0 spiro atoms. The van der Waals surface area contributed by atoms with Crippen molar-refractivity contribution in [3.05, 3.63) is 0 Å². The highest BCUT2D eigenvalue weighted by Gasteiger charge is 2.21. The fourth-order valence-electron chi connectivity index (χ4n) is 1.65. The van der Waals surface area contributed by atoms with Crippen molar-refractivity contribution in [3.8, 4) is 0 Å². The van der Waals surface area contributed by atoms with Crippen LogP contribution in [0.15, 0.2) is 0 Å². The Morgan fingerprint density at radius 1 is 1.10 bits per heavy atom. The van der Waals surface area contributed by atoms with Gasteiger partial charge in [0.15, 0.2) is 0 Å². The van der Waals surface area contributed by atoms with E-state index in [1.165, 1.54) is 0 Å². The minimum absolute atomic E-state index is 0.163. The lowest BCUT2D eigenvalue weighted by molar-refractivity contribution is -0.142. The highest BCUT2D eigenvalue weighted by molar-refractivity contribution is 5.87. The Labute approximate surface area is 120 Å².